The summed E-state index contributed by atoms with van der Waals surface area (Å²) in [5.74, 6) is 0.483. The Balaban J connectivity index is 2.24. The molecule has 6 heteroatoms. The minimum absolute atomic E-state index is 0.189. The zero-order valence-corrected chi connectivity index (χ0v) is 12.0. The number of rotatable bonds is 5. The Bertz CT molecular complexity index is 695. The van der Waals surface area contributed by atoms with Crippen molar-refractivity contribution >= 4 is 17.3 Å². The first-order valence-corrected chi connectivity index (χ1v) is 6.47. The molecule has 0 fully saturated rings. The molecule has 2 aromatic rings. The van der Waals surface area contributed by atoms with E-state index in [1.165, 1.54) is 7.11 Å². The lowest BCUT2D eigenvalue weighted by molar-refractivity contribution is 0.214. The molecule has 0 unspecified atom stereocenters. The second kappa shape index (κ2) is 7.27. The Morgan fingerprint density at radius 2 is 2.14 bits per heavy atom. The van der Waals surface area contributed by atoms with Crippen LogP contribution in [0.1, 0.15) is 11.1 Å². The van der Waals surface area contributed by atoms with Crippen molar-refractivity contribution in [3.63, 3.8) is 0 Å². The standard InChI is InChI=1S/C15H12ClN3O2/c1-20-19-13(9-17)12-6-3-2-5-11(12)10-21-14-7-4-8-18-15(14)16/h2-8H,10H2,1H3/b19-13+. The average molecular weight is 302 g/mol. The van der Waals surface area contributed by atoms with Crippen molar-refractivity contribution in [3.8, 4) is 11.8 Å². The molecule has 0 bridgehead atoms. The molecule has 0 aliphatic rings. The van der Waals surface area contributed by atoms with E-state index in [0.29, 0.717) is 16.5 Å². The molecule has 2 rings (SSSR count). The molecule has 0 atom stereocenters. The fourth-order valence-corrected chi connectivity index (χ4v) is 1.91. The number of ether oxygens (including phenoxy) is 1. The highest BCUT2D eigenvalue weighted by atomic mass is 35.5. The zero-order chi connectivity index (χ0) is 15.1. The molecular weight excluding hydrogens is 290 g/mol. The second-order valence-corrected chi connectivity index (χ2v) is 4.33. The van der Waals surface area contributed by atoms with Gasteiger partial charge in [-0.05, 0) is 17.7 Å². The van der Waals surface area contributed by atoms with E-state index < -0.39 is 0 Å². The van der Waals surface area contributed by atoms with Gasteiger partial charge in [0.1, 0.15) is 19.8 Å². The van der Waals surface area contributed by atoms with Crippen LogP contribution in [0.15, 0.2) is 47.8 Å². The zero-order valence-electron chi connectivity index (χ0n) is 11.3. The molecule has 106 valence electrons. The lowest BCUT2D eigenvalue weighted by atomic mass is 10.0. The predicted molar refractivity (Wildman–Crippen MR) is 79.2 cm³/mol. The highest BCUT2D eigenvalue weighted by Crippen LogP contribution is 2.22. The molecular formula is C15H12ClN3O2. The normalized spacial score (nSPS) is 10.8. The van der Waals surface area contributed by atoms with Crippen LogP contribution >= 0.6 is 11.6 Å². The number of pyridine rings is 1. The largest absolute Gasteiger partial charge is 0.486 e. The van der Waals surface area contributed by atoms with E-state index in [1.807, 2.05) is 24.3 Å². The molecule has 0 saturated heterocycles. The van der Waals surface area contributed by atoms with Crippen LogP contribution in [0.4, 0.5) is 0 Å². The minimum Gasteiger partial charge on any atom is -0.486 e. The molecule has 0 aliphatic heterocycles. The van der Waals surface area contributed by atoms with Crippen LogP contribution in [0.3, 0.4) is 0 Å². The van der Waals surface area contributed by atoms with Gasteiger partial charge in [0.05, 0.1) is 0 Å². The number of halogens is 1. The van der Waals surface area contributed by atoms with Gasteiger partial charge >= 0.3 is 0 Å². The van der Waals surface area contributed by atoms with Crippen molar-refractivity contribution in [2.75, 3.05) is 7.11 Å². The van der Waals surface area contributed by atoms with E-state index in [4.69, 9.17) is 21.6 Å². The van der Waals surface area contributed by atoms with E-state index in [2.05, 4.69) is 15.0 Å². The summed E-state index contributed by atoms with van der Waals surface area (Å²) in [6.07, 6.45) is 1.59. The van der Waals surface area contributed by atoms with Gasteiger partial charge in [0.2, 0.25) is 0 Å². The van der Waals surface area contributed by atoms with E-state index in [0.717, 1.165) is 5.56 Å². The van der Waals surface area contributed by atoms with Gasteiger partial charge in [0.15, 0.2) is 16.6 Å². The Hall–Kier alpha value is -2.58. The van der Waals surface area contributed by atoms with Gasteiger partial charge in [0, 0.05) is 11.8 Å². The fourth-order valence-electron chi connectivity index (χ4n) is 1.73. The summed E-state index contributed by atoms with van der Waals surface area (Å²) < 4.78 is 5.64. The van der Waals surface area contributed by atoms with Crippen LogP contribution < -0.4 is 4.74 Å². The molecule has 1 aromatic carbocycles. The van der Waals surface area contributed by atoms with Crippen molar-refractivity contribution < 1.29 is 9.57 Å². The third-order valence-electron chi connectivity index (χ3n) is 2.67. The van der Waals surface area contributed by atoms with E-state index in [-0.39, 0.29) is 12.3 Å². The van der Waals surface area contributed by atoms with Crippen LogP contribution in [0, 0.1) is 11.3 Å². The van der Waals surface area contributed by atoms with Crippen LogP contribution in [0.2, 0.25) is 5.15 Å². The molecule has 0 spiro atoms. The highest BCUT2D eigenvalue weighted by Gasteiger charge is 2.10. The molecule has 0 N–H and O–H groups in total. The molecule has 0 saturated carbocycles. The highest BCUT2D eigenvalue weighted by molar-refractivity contribution is 6.30. The maximum atomic E-state index is 9.13. The predicted octanol–water partition coefficient (Wildman–Crippen LogP) is 3.19. The van der Waals surface area contributed by atoms with E-state index in [1.54, 1.807) is 24.4 Å². The van der Waals surface area contributed by atoms with Gasteiger partial charge in [-0.15, -0.1) is 0 Å². The van der Waals surface area contributed by atoms with Gasteiger partial charge in [-0.3, -0.25) is 0 Å². The number of oxime groups is 1. The van der Waals surface area contributed by atoms with Crippen LogP contribution in [0.25, 0.3) is 0 Å². The minimum atomic E-state index is 0.189. The van der Waals surface area contributed by atoms with Gasteiger partial charge in [0.25, 0.3) is 0 Å². The first-order valence-electron chi connectivity index (χ1n) is 6.09. The number of nitrogens with zero attached hydrogens (tertiary/aromatic N) is 3. The lowest BCUT2D eigenvalue weighted by Gasteiger charge is -2.10. The van der Waals surface area contributed by atoms with E-state index >= 15 is 0 Å². The van der Waals surface area contributed by atoms with Crippen molar-refractivity contribution in [3.05, 3.63) is 58.9 Å². The third-order valence-corrected chi connectivity index (χ3v) is 2.95. The number of benzene rings is 1. The SMILES string of the molecule is CO/N=C(\C#N)c1ccccc1COc1cccnc1Cl. The molecule has 0 aliphatic carbocycles. The summed E-state index contributed by atoms with van der Waals surface area (Å²) in [4.78, 5) is 8.62. The van der Waals surface area contributed by atoms with Gasteiger partial charge < -0.3 is 9.57 Å². The Kier molecular flexibility index (Phi) is 5.13. The van der Waals surface area contributed by atoms with Gasteiger partial charge in [-0.1, -0.05) is 41.0 Å². The van der Waals surface area contributed by atoms with E-state index in [9.17, 15) is 0 Å². The topological polar surface area (TPSA) is 67.5 Å². The molecule has 1 heterocycles. The summed E-state index contributed by atoms with van der Waals surface area (Å²) in [5, 5.41) is 13.1. The maximum absolute atomic E-state index is 9.13. The summed E-state index contributed by atoms with van der Waals surface area (Å²) >= 11 is 5.94. The number of nitriles is 1. The monoisotopic (exact) mass is 301 g/mol. The number of hydrogen-bond donors (Lipinski definition) is 0. The van der Waals surface area contributed by atoms with Crippen molar-refractivity contribution in [1.82, 2.24) is 4.98 Å². The smallest absolute Gasteiger partial charge is 0.187 e. The Labute approximate surface area is 127 Å². The number of hydrogen-bond acceptors (Lipinski definition) is 5. The van der Waals surface area contributed by atoms with Gasteiger partial charge in [-0.2, -0.15) is 5.26 Å². The summed E-state index contributed by atoms with van der Waals surface area (Å²) in [6, 6.07) is 12.8. The number of aromatic nitrogens is 1. The molecule has 0 radical (unpaired) electrons. The van der Waals surface area contributed by atoms with Crippen molar-refractivity contribution in [1.29, 1.82) is 5.26 Å². The summed E-state index contributed by atoms with van der Waals surface area (Å²) in [6.45, 7) is 0.242. The van der Waals surface area contributed by atoms with Crippen LogP contribution in [-0.2, 0) is 11.4 Å². The van der Waals surface area contributed by atoms with Gasteiger partial charge in [-0.25, -0.2) is 4.98 Å². The molecule has 21 heavy (non-hydrogen) atoms. The van der Waals surface area contributed by atoms with Crippen LogP contribution in [0.5, 0.6) is 5.75 Å². The van der Waals surface area contributed by atoms with Crippen molar-refractivity contribution in [2.24, 2.45) is 5.16 Å². The molecule has 5 nitrogen and oxygen atoms in total. The quantitative estimate of drug-likeness (QED) is 0.483. The fraction of sp³-hybridized carbons (Fsp3) is 0.133. The third kappa shape index (κ3) is 3.71. The summed E-state index contributed by atoms with van der Waals surface area (Å²) in [5.41, 5.74) is 1.64. The van der Waals surface area contributed by atoms with Crippen LogP contribution in [-0.4, -0.2) is 17.8 Å². The maximum Gasteiger partial charge on any atom is 0.187 e. The second-order valence-electron chi connectivity index (χ2n) is 3.97. The first-order chi connectivity index (χ1) is 10.3. The Morgan fingerprint density at radius 1 is 1.33 bits per heavy atom. The lowest BCUT2D eigenvalue weighted by Crippen LogP contribution is -2.06. The average Bonchev–Trinajstić information content (AvgIpc) is 2.52. The molecule has 0 amide bonds. The van der Waals surface area contributed by atoms with Crippen molar-refractivity contribution in [2.45, 2.75) is 6.61 Å². The molecule has 1 aromatic heterocycles. The first kappa shape index (κ1) is 14.8. The summed E-state index contributed by atoms with van der Waals surface area (Å²) in [7, 11) is 1.39. The Morgan fingerprint density at radius 3 is 2.86 bits per heavy atom.